The van der Waals surface area contributed by atoms with Crippen molar-refractivity contribution in [3.05, 3.63) is 101 Å². The second-order valence-electron chi connectivity index (χ2n) is 9.63. The number of carbonyl (C=O) groups is 1. The van der Waals surface area contributed by atoms with E-state index in [1.807, 2.05) is 19.1 Å². The molecule has 3 aromatic carbocycles. The zero-order chi connectivity index (χ0) is 24.1. The van der Waals surface area contributed by atoms with Crippen LogP contribution in [0.5, 0.6) is 0 Å². The number of fused-ring (bicyclic) bond motifs is 1. The Labute approximate surface area is 205 Å². The SMILES string of the molecule is CCOC(=O)CC1=C(O[Si](c2ccccc2)c2ccccc2)CCc2c1cccc2C(C)(C)C. The highest BCUT2D eigenvalue weighted by Crippen LogP contribution is 2.39. The summed E-state index contributed by atoms with van der Waals surface area (Å²) in [7, 11) is -1.53. The molecular formula is C30H33O3Si. The van der Waals surface area contributed by atoms with E-state index >= 15 is 0 Å². The van der Waals surface area contributed by atoms with Crippen LogP contribution in [0.15, 0.2) is 84.6 Å². The van der Waals surface area contributed by atoms with Gasteiger partial charge < -0.3 is 9.16 Å². The van der Waals surface area contributed by atoms with Crippen molar-refractivity contribution >= 4 is 31.0 Å². The van der Waals surface area contributed by atoms with Gasteiger partial charge in [-0.15, -0.1) is 0 Å². The summed E-state index contributed by atoms with van der Waals surface area (Å²) in [5, 5.41) is 2.38. The lowest BCUT2D eigenvalue weighted by Crippen LogP contribution is -2.45. The average molecular weight is 470 g/mol. The molecule has 0 saturated carbocycles. The fourth-order valence-corrected chi connectivity index (χ4v) is 6.66. The van der Waals surface area contributed by atoms with E-state index in [1.165, 1.54) is 21.5 Å². The van der Waals surface area contributed by atoms with Crippen LogP contribution in [0, 0.1) is 0 Å². The van der Waals surface area contributed by atoms with Crippen LogP contribution in [-0.4, -0.2) is 21.6 Å². The number of rotatable bonds is 7. The standard InChI is InChI=1S/C30H33O3Si/c1-5-32-29(31)21-26-24-17-12-18-27(30(2,3)4)25(24)19-20-28(26)33-34(22-13-8-6-9-14-22)23-15-10-7-11-16-23/h6-18H,5,19-21H2,1-4H3. The number of allylic oxidation sites excluding steroid dienone is 1. The van der Waals surface area contributed by atoms with Crippen LogP contribution in [-0.2, 0) is 25.8 Å². The molecule has 3 aromatic rings. The number of ether oxygens (including phenoxy) is 1. The summed E-state index contributed by atoms with van der Waals surface area (Å²) < 4.78 is 12.3. The predicted molar refractivity (Wildman–Crippen MR) is 141 cm³/mol. The third-order valence-electron chi connectivity index (χ3n) is 6.17. The van der Waals surface area contributed by atoms with E-state index in [1.54, 1.807) is 0 Å². The highest BCUT2D eigenvalue weighted by Gasteiger charge is 2.30. The number of benzene rings is 3. The smallest absolute Gasteiger partial charge is 0.352 e. The van der Waals surface area contributed by atoms with Crippen molar-refractivity contribution in [2.75, 3.05) is 6.61 Å². The minimum atomic E-state index is -1.53. The number of hydrogen-bond donors (Lipinski definition) is 0. The van der Waals surface area contributed by atoms with E-state index in [0.29, 0.717) is 6.61 Å². The zero-order valence-corrected chi connectivity index (χ0v) is 21.6. The van der Waals surface area contributed by atoms with Crippen molar-refractivity contribution in [3.8, 4) is 0 Å². The highest BCUT2D eigenvalue weighted by atomic mass is 28.3. The molecule has 0 amide bonds. The summed E-state index contributed by atoms with van der Waals surface area (Å²) in [4.78, 5) is 12.7. The first kappa shape index (κ1) is 24.0. The van der Waals surface area contributed by atoms with Crippen molar-refractivity contribution in [3.63, 3.8) is 0 Å². The Balaban J connectivity index is 1.82. The maximum atomic E-state index is 12.7. The van der Waals surface area contributed by atoms with Crippen LogP contribution in [0.1, 0.15) is 57.2 Å². The fourth-order valence-electron chi connectivity index (χ4n) is 4.63. The van der Waals surface area contributed by atoms with Crippen molar-refractivity contribution in [2.24, 2.45) is 0 Å². The van der Waals surface area contributed by atoms with Gasteiger partial charge in [-0.3, -0.25) is 4.79 Å². The highest BCUT2D eigenvalue weighted by molar-refractivity contribution is 6.80. The van der Waals surface area contributed by atoms with Crippen LogP contribution in [0.2, 0.25) is 0 Å². The molecule has 0 bridgehead atoms. The van der Waals surface area contributed by atoms with Gasteiger partial charge in [-0.2, -0.15) is 0 Å². The normalized spacial score (nSPS) is 13.6. The summed E-state index contributed by atoms with van der Waals surface area (Å²) in [6.07, 6.45) is 1.91. The third-order valence-corrected chi connectivity index (χ3v) is 8.34. The largest absolute Gasteiger partial charge is 0.536 e. The van der Waals surface area contributed by atoms with Crippen molar-refractivity contribution in [1.29, 1.82) is 0 Å². The predicted octanol–water partition coefficient (Wildman–Crippen LogP) is 5.42. The zero-order valence-electron chi connectivity index (χ0n) is 20.6. The van der Waals surface area contributed by atoms with Crippen LogP contribution < -0.4 is 10.4 Å². The van der Waals surface area contributed by atoms with Gasteiger partial charge in [-0.25, -0.2) is 0 Å². The maximum Gasteiger partial charge on any atom is 0.352 e. The summed E-state index contributed by atoms with van der Waals surface area (Å²) >= 11 is 0. The third kappa shape index (κ3) is 5.34. The molecule has 0 spiro atoms. The van der Waals surface area contributed by atoms with E-state index in [4.69, 9.17) is 9.16 Å². The van der Waals surface area contributed by atoms with Crippen LogP contribution in [0.3, 0.4) is 0 Å². The lowest BCUT2D eigenvalue weighted by atomic mass is 9.77. The average Bonchev–Trinajstić information content (AvgIpc) is 2.84. The van der Waals surface area contributed by atoms with Gasteiger partial charge in [0.15, 0.2) is 0 Å². The van der Waals surface area contributed by atoms with E-state index in [2.05, 4.69) is 87.5 Å². The molecule has 175 valence electrons. The van der Waals surface area contributed by atoms with E-state index in [-0.39, 0.29) is 17.8 Å². The van der Waals surface area contributed by atoms with Gasteiger partial charge >= 0.3 is 15.0 Å². The molecule has 0 N–H and O–H groups in total. The molecule has 0 aromatic heterocycles. The Morgan fingerprint density at radius 3 is 2.03 bits per heavy atom. The Morgan fingerprint density at radius 1 is 0.853 bits per heavy atom. The van der Waals surface area contributed by atoms with Crippen molar-refractivity contribution < 1.29 is 14.0 Å². The minimum absolute atomic E-state index is 0.0295. The van der Waals surface area contributed by atoms with Gasteiger partial charge in [0, 0.05) is 12.0 Å². The van der Waals surface area contributed by atoms with Crippen molar-refractivity contribution in [1.82, 2.24) is 0 Å². The van der Waals surface area contributed by atoms with Crippen LogP contribution in [0.4, 0.5) is 0 Å². The molecular weight excluding hydrogens is 436 g/mol. The molecule has 4 heteroatoms. The van der Waals surface area contributed by atoms with Gasteiger partial charge in [-0.1, -0.05) is 99.6 Å². The molecule has 0 aliphatic heterocycles. The Hall–Kier alpha value is -3.11. The second kappa shape index (κ2) is 10.4. The Kier molecular flexibility index (Phi) is 7.37. The summed E-state index contributed by atoms with van der Waals surface area (Å²) in [5.41, 5.74) is 4.79. The molecule has 0 saturated heterocycles. The van der Waals surface area contributed by atoms with Crippen molar-refractivity contribution in [2.45, 2.75) is 52.4 Å². The van der Waals surface area contributed by atoms with E-state index < -0.39 is 9.04 Å². The van der Waals surface area contributed by atoms with Gasteiger partial charge in [-0.05, 0) is 45.8 Å². The number of hydrogen-bond acceptors (Lipinski definition) is 3. The maximum absolute atomic E-state index is 12.7. The van der Waals surface area contributed by atoms with Gasteiger partial charge in [0.1, 0.15) is 0 Å². The van der Waals surface area contributed by atoms with Gasteiger partial charge in [0.2, 0.25) is 0 Å². The molecule has 0 atom stereocenters. The second-order valence-corrected chi connectivity index (χ2v) is 11.6. The molecule has 4 rings (SSSR count). The van der Waals surface area contributed by atoms with Gasteiger partial charge in [0.05, 0.1) is 18.8 Å². The molecule has 0 unspecified atom stereocenters. The first-order valence-corrected chi connectivity index (χ1v) is 13.5. The molecule has 3 nitrogen and oxygen atoms in total. The quantitative estimate of drug-likeness (QED) is 0.343. The van der Waals surface area contributed by atoms with Crippen LogP contribution >= 0.6 is 0 Å². The Bertz CT molecular complexity index is 1120. The molecule has 0 fully saturated rings. The monoisotopic (exact) mass is 469 g/mol. The Morgan fingerprint density at radius 2 is 1.47 bits per heavy atom. The van der Waals surface area contributed by atoms with Gasteiger partial charge in [0.25, 0.3) is 0 Å². The lowest BCUT2D eigenvalue weighted by Gasteiger charge is -2.31. The molecule has 1 aliphatic rings. The lowest BCUT2D eigenvalue weighted by molar-refractivity contribution is -0.141. The molecule has 1 aliphatic carbocycles. The fraction of sp³-hybridized carbons (Fsp3) is 0.300. The summed E-state index contributed by atoms with van der Waals surface area (Å²) in [6.45, 7) is 8.96. The van der Waals surface area contributed by atoms with E-state index in [0.717, 1.165) is 29.7 Å². The molecule has 1 radical (unpaired) electrons. The minimum Gasteiger partial charge on any atom is -0.536 e. The molecule has 0 heterocycles. The van der Waals surface area contributed by atoms with E-state index in [9.17, 15) is 4.79 Å². The topological polar surface area (TPSA) is 35.5 Å². The summed E-state index contributed by atoms with van der Waals surface area (Å²) in [5.74, 6) is 0.717. The number of esters is 1. The van der Waals surface area contributed by atoms with Crippen LogP contribution in [0.25, 0.3) is 5.57 Å². The first-order chi connectivity index (χ1) is 16.4. The molecule has 34 heavy (non-hydrogen) atoms. The number of carbonyl (C=O) groups excluding carboxylic acids is 1. The first-order valence-electron chi connectivity index (χ1n) is 12.0. The summed E-state index contributed by atoms with van der Waals surface area (Å²) in [6, 6.07) is 27.3.